The number of imide groups is 1. The predicted molar refractivity (Wildman–Crippen MR) is 92.8 cm³/mol. The third kappa shape index (κ3) is 4.13. The van der Waals surface area contributed by atoms with Crippen LogP contribution in [0.2, 0.25) is 0 Å². The molecule has 0 bridgehead atoms. The van der Waals surface area contributed by atoms with Crippen LogP contribution in [0.1, 0.15) is 31.9 Å². The average Bonchev–Trinajstić information content (AvgIpc) is 2.91. The first-order valence-electron chi connectivity index (χ1n) is 8.48. The highest BCUT2D eigenvalue weighted by Crippen LogP contribution is 2.28. The van der Waals surface area contributed by atoms with Gasteiger partial charge in [0, 0.05) is 7.11 Å². The van der Waals surface area contributed by atoms with E-state index < -0.39 is 30.0 Å². The number of nitrogens with zero attached hydrogens (tertiary/aromatic N) is 1. The van der Waals surface area contributed by atoms with Gasteiger partial charge in [-0.25, -0.2) is 14.5 Å². The maximum Gasteiger partial charge on any atom is 0.327 e. The third-order valence-electron chi connectivity index (χ3n) is 4.45. The van der Waals surface area contributed by atoms with Crippen LogP contribution in [0.5, 0.6) is 5.75 Å². The zero-order chi connectivity index (χ0) is 19.3. The number of benzene rings is 1. The molecule has 8 nitrogen and oxygen atoms in total. The number of methoxy groups -OCH3 is 1. The van der Waals surface area contributed by atoms with Gasteiger partial charge in [0.1, 0.15) is 24.4 Å². The quantitative estimate of drug-likeness (QED) is 0.511. The van der Waals surface area contributed by atoms with Crippen LogP contribution in [0.25, 0.3) is 0 Å². The minimum absolute atomic E-state index is 0.350. The summed E-state index contributed by atoms with van der Waals surface area (Å²) >= 11 is 0. The zero-order valence-corrected chi connectivity index (χ0v) is 15.1. The number of aliphatic carboxylic acids is 1. The van der Waals surface area contributed by atoms with Crippen molar-refractivity contribution in [2.75, 3.05) is 20.3 Å². The van der Waals surface area contributed by atoms with Crippen molar-refractivity contribution < 1.29 is 29.0 Å². The normalized spacial score (nSPS) is 19.2. The molecule has 1 saturated heterocycles. The number of carboxylic acids is 1. The van der Waals surface area contributed by atoms with Crippen molar-refractivity contribution in [3.05, 3.63) is 29.8 Å². The number of urea groups is 1. The smallest absolute Gasteiger partial charge is 0.327 e. The van der Waals surface area contributed by atoms with E-state index in [1.807, 2.05) is 6.92 Å². The molecule has 1 fully saturated rings. The first kappa shape index (κ1) is 19.7. The summed E-state index contributed by atoms with van der Waals surface area (Å²) in [6.45, 7) is 4.38. The van der Waals surface area contributed by atoms with Gasteiger partial charge in [0.25, 0.3) is 5.91 Å². The number of nitrogens with one attached hydrogen (secondary N) is 1. The molecule has 8 heteroatoms. The summed E-state index contributed by atoms with van der Waals surface area (Å²) in [6.07, 6.45) is 0.534. The molecule has 3 atom stereocenters. The number of ether oxygens (including phenoxy) is 2. The Balaban J connectivity index is 2.16. The van der Waals surface area contributed by atoms with Crippen LogP contribution in [0.4, 0.5) is 4.79 Å². The fourth-order valence-corrected chi connectivity index (χ4v) is 2.81. The van der Waals surface area contributed by atoms with Crippen molar-refractivity contribution in [3.8, 4) is 5.75 Å². The number of carbonyl (C=O) groups is 3. The lowest BCUT2D eigenvalue weighted by Gasteiger charge is -2.26. The van der Waals surface area contributed by atoms with Crippen molar-refractivity contribution in [1.29, 1.82) is 0 Å². The van der Waals surface area contributed by atoms with E-state index in [0.29, 0.717) is 30.9 Å². The monoisotopic (exact) mass is 364 g/mol. The highest BCUT2D eigenvalue weighted by atomic mass is 16.5. The molecular formula is C18H24N2O6. The summed E-state index contributed by atoms with van der Waals surface area (Å²) in [5.41, 5.74) is 0.568. The van der Waals surface area contributed by atoms with E-state index in [1.165, 1.54) is 0 Å². The Morgan fingerprint density at radius 1 is 1.27 bits per heavy atom. The third-order valence-corrected chi connectivity index (χ3v) is 4.45. The average molecular weight is 364 g/mol. The van der Waals surface area contributed by atoms with Crippen LogP contribution in [0.15, 0.2) is 24.3 Å². The Bertz CT molecular complexity index is 660. The summed E-state index contributed by atoms with van der Waals surface area (Å²) in [4.78, 5) is 37.4. The van der Waals surface area contributed by atoms with Crippen LogP contribution in [0.3, 0.4) is 0 Å². The Morgan fingerprint density at radius 3 is 2.46 bits per heavy atom. The molecule has 2 rings (SSSR count). The van der Waals surface area contributed by atoms with E-state index in [9.17, 15) is 19.5 Å². The van der Waals surface area contributed by atoms with Crippen molar-refractivity contribution >= 4 is 17.9 Å². The predicted octanol–water partition coefficient (Wildman–Crippen LogP) is 1.80. The van der Waals surface area contributed by atoms with Gasteiger partial charge in [0.15, 0.2) is 0 Å². The van der Waals surface area contributed by atoms with Crippen molar-refractivity contribution in [3.63, 3.8) is 0 Å². The molecule has 0 saturated carbocycles. The number of rotatable bonds is 9. The Labute approximate surface area is 152 Å². The van der Waals surface area contributed by atoms with E-state index >= 15 is 0 Å². The summed E-state index contributed by atoms with van der Waals surface area (Å²) in [6, 6.07) is 3.96. The van der Waals surface area contributed by atoms with E-state index in [2.05, 4.69) is 5.32 Å². The standard InChI is InChI=1S/C18H24N2O6/c1-4-11(2)15(17(22)23)20-16(21)14(19-18(20)24)12-5-7-13(8-6-12)26-10-9-25-3/h5-8,11,14-15H,4,9-10H2,1-3H3,(H,19,24)(H,22,23). The fraction of sp³-hybridized carbons (Fsp3) is 0.500. The second-order valence-electron chi connectivity index (χ2n) is 6.17. The molecule has 1 aliphatic rings. The number of amides is 3. The minimum Gasteiger partial charge on any atom is -0.491 e. The summed E-state index contributed by atoms with van der Waals surface area (Å²) in [5.74, 6) is -1.49. The van der Waals surface area contributed by atoms with Crippen LogP contribution in [0, 0.1) is 5.92 Å². The first-order valence-corrected chi connectivity index (χ1v) is 8.48. The summed E-state index contributed by atoms with van der Waals surface area (Å²) in [7, 11) is 1.58. The lowest BCUT2D eigenvalue weighted by Crippen LogP contribution is -2.48. The topological polar surface area (TPSA) is 105 Å². The number of carboxylic acid groups (broad SMARTS) is 1. The van der Waals surface area contributed by atoms with Gasteiger partial charge in [-0.05, 0) is 23.6 Å². The summed E-state index contributed by atoms with van der Waals surface area (Å²) < 4.78 is 10.4. The van der Waals surface area contributed by atoms with Crippen LogP contribution in [-0.2, 0) is 14.3 Å². The van der Waals surface area contributed by atoms with Gasteiger partial charge in [0.2, 0.25) is 0 Å². The molecule has 3 amide bonds. The largest absolute Gasteiger partial charge is 0.491 e. The molecule has 3 unspecified atom stereocenters. The second kappa shape index (κ2) is 8.66. The van der Waals surface area contributed by atoms with Gasteiger partial charge in [-0.1, -0.05) is 32.4 Å². The molecule has 0 aliphatic carbocycles. The van der Waals surface area contributed by atoms with E-state index in [0.717, 1.165) is 4.90 Å². The van der Waals surface area contributed by atoms with Gasteiger partial charge >= 0.3 is 12.0 Å². The highest BCUT2D eigenvalue weighted by Gasteiger charge is 2.46. The molecule has 1 aromatic carbocycles. The Kier molecular flexibility index (Phi) is 6.57. The number of hydrogen-bond acceptors (Lipinski definition) is 5. The molecule has 0 spiro atoms. The highest BCUT2D eigenvalue weighted by molar-refractivity contribution is 6.07. The zero-order valence-electron chi connectivity index (χ0n) is 15.1. The van der Waals surface area contributed by atoms with E-state index in [4.69, 9.17) is 9.47 Å². The molecule has 1 aliphatic heterocycles. The lowest BCUT2D eigenvalue weighted by atomic mass is 9.97. The molecule has 142 valence electrons. The van der Waals surface area contributed by atoms with Crippen LogP contribution < -0.4 is 10.1 Å². The molecule has 1 aromatic rings. The summed E-state index contributed by atoms with van der Waals surface area (Å²) in [5, 5.41) is 12.0. The lowest BCUT2D eigenvalue weighted by molar-refractivity contribution is -0.148. The van der Waals surface area contributed by atoms with Crippen molar-refractivity contribution in [2.24, 2.45) is 5.92 Å². The molecule has 26 heavy (non-hydrogen) atoms. The molecular weight excluding hydrogens is 340 g/mol. The van der Waals surface area contributed by atoms with Gasteiger partial charge in [-0.15, -0.1) is 0 Å². The molecule has 2 N–H and O–H groups in total. The molecule has 0 radical (unpaired) electrons. The number of carbonyl (C=O) groups excluding carboxylic acids is 2. The van der Waals surface area contributed by atoms with Gasteiger partial charge in [0.05, 0.1) is 6.61 Å². The van der Waals surface area contributed by atoms with E-state index in [-0.39, 0.29) is 5.92 Å². The maximum absolute atomic E-state index is 12.7. The van der Waals surface area contributed by atoms with Crippen molar-refractivity contribution in [1.82, 2.24) is 10.2 Å². The van der Waals surface area contributed by atoms with Crippen LogP contribution >= 0.6 is 0 Å². The molecule has 0 aromatic heterocycles. The SMILES string of the molecule is CCC(C)C(C(=O)O)N1C(=O)NC(c2ccc(OCCOC)cc2)C1=O. The minimum atomic E-state index is -1.19. The molecule has 1 heterocycles. The Hall–Kier alpha value is -2.61. The van der Waals surface area contributed by atoms with Gasteiger partial charge in [-0.2, -0.15) is 0 Å². The second-order valence-corrected chi connectivity index (χ2v) is 6.17. The van der Waals surface area contributed by atoms with E-state index in [1.54, 1.807) is 38.3 Å². The maximum atomic E-state index is 12.7. The Morgan fingerprint density at radius 2 is 1.92 bits per heavy atom. The van der Waals surface area contributed by atoms with Crippen molar-refractivity contribution in [2.45, 2.75) is 32.4 Å². The number of hydrogen-bond donors (Lipinski definition) is 2. The van der Waals surface area contributed by atoms with Crippen LogP contribution in [-0.4, -0.2) is 54.3 Å². The first-order chi connectivity index (χ1) is 12.4. The van der Waals surface area contributed by atoms with Gasteiger partial charge < -0.3 is 19.9 Å². The van der Waals surface area contributed by atoms with Gasteiger partial charge in [-0.3, -0.25) is 4.79 Å². The fourth-order valence-electron chi connectivity index (χ4n) is 2.81.